The third kappa shape index (κ3) is 8.90. The lowest BCUT2D eigenvalue weighted by Gasteiger charge is -2.19. The van der Waals surface area contributed by atoms with Crippen LogP contribution in [0.15, 0.2) is 0 Å². The van der Waals surface area contributed by atoms with Gasteiger partial charge in [-0.15, -0.1) is 5.92 Å². The molecule has 0 bridgehead atoms. The second kappa shape index (κ2) is 5.60. The van der Waals surface area contributed by atoms with Gasteiger partial charge in [-0.25, -0.2) is 0 Å². The molecule has 0 unspecified atom stereocenters. The highest BCUT2D eigenvalue weighted by molar-refractivity contribution is 5.72. The van der Waals surface area contributed by atoms with E-state index in [1.54, 1.807) is 6.92 Å². The van der Waals surface area contributed by atoms with Crippen molar-refractivity contribution in [3.8, 4) is 11.8 Å². The number of hydrogen-bond donors (Lipinski definition) is 1. The van der Waals surface area contributed by atoms with Crippen molar-refractivity contribution in [2.75, 3.05) is 13.1 Å². The monoisotopic (exact) mass is 183 g/mol. The molecule has 0 saturated carbocycles. The molecule has 0 aromatic heterocycles. The molecule has 0 heterocycles. The maximum atomic E-state index is 11.1. The lowest BCUT2D eigenvalue weighted by Crippen LogP contribution is -2.31. The summed E-state index contributed by atoms with van der Waals surface area (Å²) in [6.07, 6.45) is 0. The van der Waals surface area contributed by atoms with Crippen LogP contribution in [0.5, 0.6) is 0 Å². The first-order chi connectivity index (χ1) is 5.95. The van der Waals surface area contributed by atoms with Crippen LogP contribution >= 0.6 is 0 Å². The van der Waals surface area contributed by atoms with Gasteiger partial charge in [-0.2, -0.15) is 0 Å². The van der Waals surface area contributed by atoms with Crippen molar-refractivity contribution in [3.63, 3.8) is 0 Å². The standard InChI is InChI=1S/C10H17NO2/c1-5-6-7-11-8-9(12)13-10(2,3)4/h11H,7-8H2,1-4H3. The van der Waals surface area contributed by atoms with Crippen LogP contribution in [0.1, 0.15) is 27.7 Å². The zero-order chi connectivity index (χ0) is 10.3. The van der Waals surface area contributed by atoms with Crippen molar-refractivity contribution in [2.24, 2.45) is 0 Å². The van der Waals surface area contributed by atoms with E-state index in [4.69, 9.17) is 4.74 Å². The highest BCUT2D eigenvalue weighted by Gasteiger charge is 2.15. The van der Waals surface area contributed by atoms with Crippen molar-refractivity contribution in [1.29, 1.82) is 0 Å². The zero-order valence-corrected chi connectivity index (χ0v) is 8.73. The van der Waals surface area contributed by atoms with E-state index in [-0.39, 0.29) is 12.5 Å². The number of esters is 1. The summed E-state index contributed by atoms with van der Waals surface area (Å²) in [5, 5.41) is 2.86. The Kier molecular flexibility index (Phi) is 5.17. The van der Waals surface area contributed by atoms with Crippen molar-refractivity contribution < 1.29 is 9.53 Å². The predicted molar refractivity (Wildman–Crippen MR) is 52.2 cm³/mol. The molecule has 0 radical (unpaired) electrons. The molecule has 0 spiro atoms. The Labute approximate surface area is 79.8 Å². The summed E-state index contributed by atoms with van der Waals surface area (Å²) in [5.41, 5.74) is -0.408. The number of ether oxygens (including phenoxy) is 1. The van der Waals surface area contributed by atoms with E-state index in [0.29, 0.717) is 6.54 Å². The van der Waals surface area contributed by atoms with Crippen molar-refractivity contribution in [2.45, 2.75) is 33.3 Å². The van der Waals surface area contributed by atoms with Crippen molar-refractivity contribution >= 4 is 5.97 Å². The minimum Gasteiger partial charge on any atom is -0.459 e. The Balaban J connectivity index is 3.56. The Morgan fingerprint density at radius 1 is 1.46 bits per heavy atom. The molecule has 0 aromatic carbocycles. The first-order valence-corrected chi connectivity index (χ1v) is 4.28. The summed E-state index contributed by atoms with van der Waals surface area (Å²) in [7, 11) is 0. The number of carbonyl (C=O) groups is 1. The summed E-state index contributed by atoms with van der Waals surface area (Å²) in [6.45, 7) is 8.03. The molecule has 3 nitrogen and oxygen atoms in total. The Hall–Kier alpha value is -1.01. The van der Waals surface area contributed by atoms with Gasteiger partial charge < -0.3 is 4.74 Å². The fourth-order valence-electron chi connectivity index (χ4n) is 0.693. The minimum absolute atomic E-state index is 0.214. The Bertz CT molecular complexity index is 217. The Morgan fingerprint density at radius 3 is 2.54 bits per heavy atom. The first kappa shape index (κ1) is 12.0. The van der Waals surface area contributed by atoms with Gasteiger partial charge in [0.2, 0.25) is 0 Å². The van der Waals surface area contributed by atoms with Gasteiger partial charge in [0.15, 0.2) is 0 Å². The van der Waals surface area contributed by atoms with Crippen molar-refractivity contribution in [3.05, 3.63) is 0 Å². The van der Waals surface area contributed by atoms with Crippen LogP contribution in [-0.2, 0) is 9.53 Å². The van der Waals surface area contributed by atoms with E-state index in [2.05, 4.69) is 17.2 Å². The van der Waals surface area contributed by atoms with Crippen LogP contribution in [0.25, 0.3) is 0 Å². The molecule has 1 N–H and O–H groups in total. The summed E-state index contributed by atoms with van der Waals surface area (Å²) in [5.74, 6) is 5.28. The van der Waals surface area contributed by atoms with Crippen LogP contribution in [0.3, 0.4) is 0 Å². The fraction of sp³-hybridized carbons (Fsp3) is 0.700. The van der Waals surface area contributed by atoms with Gasteiger partial charge in [0.05, 0.1) is 13.1 Å². The van der Waals surface area contributed by atoms with Crippen LogP contribution in [0.4, 0.5) is 0 Å². The average molecular weight is 183 g/mol. The summed E-state index contributed by atoms with van der Waals surface area (Å²) in [6, 6.07) is 0. The molecule has 0 amide bonds. The van der Waals surface area contributed by atoms with Gasteiger partial charge >= 0.3 is 5.97 Å². The molecule has 3 heteroatoms. The van der Waals surface area contributed by atoms with E-state index >= 15 is 0 Å². The lowest BCUT2D eigenvalue weighted by molar-refractivity contribution is -0.153. The molecule has 13 heavy (non-hydrogen) atoms. The lowest BCUT2D eigenvalue weighted by atomic mass is 10.2. The predicted octanol–water partition coefficient (Wildman–Crippen LogP) is 0.941. The molecule has 0 rings (SSSR count). The number of nitrogens with one attached hydrogen (secondary N) is 1. The molecule has 0 aliphatic carbocycles. The van der Waals surface area contributed by atoms with Gasteiger partial charge in [0.1, 0.15) is 5.60 Å². The van der Waals surface area contributed by atoms with E-state index in [0.717, 1.165) is 0 Å². The Morgan fingerprint density at radius 2 is 2.08 bits per heavy atom. The highest BCUT2D eigenvalue weighted by Crippen LogP contribution is 2.05. The molecular weight excluding hydrogens is 166 g/mol. The van der Waals surface area contributed by atoms with Gasteiger partial charge in [0, 0.05) is 0 Å². The van der Waals surface area contributed by atoms with Crippen LogP contribution in [0.2, 0.25) is 0 Å². The highest BCUT2D eigenvalue weighted by atomic mass is 16.6. The SMILES string of the molecule is CC#CCNCC(=O)OC(C)(C)C. The molecule has 0 fully saturated rings. The fourth-order valence-corrected chi connectivity index (χ4v) is 0.693. The van der Waals surface area contributed by atoms with Gasteiger partial charge in [0.25, 0.3) is 0 Å². The van der Waals surface area contributed by atoms with E-state index < -0.39 is 5.60 Å². The molecule has 0 aliphatic rings. The van der Waals surface area contributed by atoms with Gasteiger partial charge in [-0.1, -0.05) is 5.92 Å². The summed E-state index contributed by atoms with van der Waals surface area (Å²) < 4.78 is 5.07. The average Bonchev–Trinajstić information content (AvgIpc) is 1.94. The quantitative estimate of drug-likeness (QED) is 0.402. The maximum Gasteiger partial charge on any atom is 0.320 e. The number of hydrogen-bond acceptors (Lipinski definition) is 3. The normalized spacial score (nSPS) is 10.2. The number of rotatable bonds is 3. The van der Waals surface area contributed by atoms with Crippen LogP contribution in [0, 0.1) is 11.8 Å². The second-order valence-electron chi connectivity index (χ2n) is 3.62. The largest absolute Gasteiger partial charge is 0.459 e. The third-order valence-electron chi connectivity index (χ3n) is 1.08. The third-order valence-corrected chi connectivity index (χ3v) is 1.08. The van der Waals surface area contributed by atoms with Crippen molar-refractivity contribution in [1.82, 2.24) is 5.32 Å². The summed E-state index contributed by atoms with van der Waals surface area (Å²) >= 11 is 0. The second-order valence-corrected chi connectivity index (χ2v) is 3.62. The van der Waals surface area contributed by atoms with Gasteiger partial charge in [-0.05, 0) is 27.7 Å². The zero-order valence-electron chi connectivity index (χ0n) is 8.73. The molecule has 0 aromatic rings. The molecule has 74 valence electrons. The molecular formula is C10H17NO2. The summed E-state index contributed by atoms with van der Waals surface area (Å²) in [4.78, 5) is 11.1. The smallest absolute Gasteiger partial charge is 0.320 e. The van der Waals surface area contributed by atoms with E-state index in [9.17, 15) is 4.79 Å². The van der Waals surface area contributed by atoms with E-state index in [1.165, 1.54) is 0 Å². The van der Waals surface area contributed by atoms with Crippen LogP contribution in [-0.4, -0.2) is 24.7 Å². The van der Waals surface area contributed by atoms with Crippen LogP contribution < -0.4 is 5.32 Å². The topological polar surface area (TPSA) is 38.3 Å². The minimum atomic E-state index is -0.408. The maximum absolute atomic E-state index is 11.1. The van der Waals surface area contributed by atoms with E-state index in [1.807, 2.05) is 20.8 Å². The first-order valence-electron chi connectivity index (χ1n) is 4.28. The molecule has 0 aliphatic heterocycles. The van der Waals surface area contributed by atoms with Gasteiger partial charge in [-0.3, -0.25) is 10.1 Å². The number of carbonyl (C=O) groups excluding carboxylic acids is 1. The molecule has 0 atom stereocenters. The molecule has 0 saturated heterocycles.